The molecule has 4 heteroatoms. The number of aromatic nitrogens is 2. The largest absolute Gasteiger partial charge is 0.490 e. The van der Waals surface area contributed by atoms with E-state index in [1.807, 2.05) is 0 Å². The SMILES string of the molecule is C=CCC[Si](C)(C)CCCCCCCCOc1cnc(-c2ccc(-c3ccc(CCCCCCCC)cc3)cc2)nc1. The van der Waals surface area contributed by atoms with Gasteiger partial charge in [0.25, 0.3) is 0 Å². The van der Waals surface area contributed by atoms with Gasteiger partial charge in [-0.05, 0) is 42.4 Å². The van der Waals surface area contributed by atoms with Gasteiger partial charge in [-0.3, -0.25) is 0 Å². The van der Waals surface area contributed by atoms with Gasteiger partial charge in [-0.15, -0.1) is 6.58 Å². The van der Waals surface area contributed by atoms with Gasteiger partial charge in [-0.1, -0.05) is 151 Å². The second kappa shape index (κ2) is 19.5. The minimum atomic E-state index is -0.998. The highest BCUT2D eigenvalue weighted by atomic mass is 28.3. The molecule has 0 aliphatic heterocycles. The lowest BCUT2D eigenvalue weighted by Gasteiger charge is -2.21. The molecule has 1 heterocycles. The average molecular weight is 585 g/mol. The summed E-state index contributed by atoms with van der Waals surface area (Å²) in [4.78, 5) is 9.13. The summed E-state index contributed by atoms with van der Waals surface area (Å²) >= 11 is 0. The van der Waals surface area contributed by atoms with Crippen molar-refractivity contribution >= 4 is 8.07 Å². The van der Waals surface area contributed by atoms with E-state index in [0.717, 1.165) is 30.2 Å². The molecule has 228 valence electrons. The summed E-state index contributed by atoms with van der Waals surface area (Å²) in [7, 11) is -0.998. The van der Waals surface area contributed by atoms with Gasteiger partial charge in [-0.2, -0.15) is 0 Å². The van der Waals surface area contributed by atoms with Crippen LogP contribution in [0.1, 0.15) is 96.0 Å². The van der Waals surface area contributed by atoms with Gasteiger partial charge in [-0.25, -0.2) is 9.97 Å². The minimum absolute atomic E-state index is 0.733. The fourth-order valence-corrected chi connectivity index (χ4v) is 7.99. The average Bonchev–Trinajstić information content (AvgIpc) is 3.01. The number of aryl methyl sites for hydroxylation is 1. The smallest absolute Gasteiger partial charge is 0.159 e. The first kappa shape index (κ1) is 33.8. The van der Waals surface area contributed by atoms with Crippen LogP contribution >= 0.6 is 0 Å². The predicted molar refractivity (Wildman–Crippen MR) is 185 cm³/mol. The van der Waals surface area contributed by atoms with Crippen molar-refractivity contribution in [1.29, 1.82) is 0 Å². The van der Waals surface area contributed by atoms with Crippen molar-refractivity contribution in [1.82, 2.24) is 9.97 Å². The summed E-state index contributed by atoms with van der Waals surface area (Å²) in [6, 6.07) is 20.5. The van der Waals surface area contributed by atoms with Gasteiger partial charge in [0, 0.05) is 13.6 Å². The van der Waals surface area contributed by atoms with Gasteiger partial charge >= 0.3 is 0 Å². The number of unbranched alkanes of at least 4 members (excludes halogenated alkanes) is 10. The highest BCUT2D eigenvalue weighted by molar-refractivity contribution is 6.77. The number of hydrogen-bond acceptors (Lipinski definition) is 3. The zero-order chi connectivity index (χ0) is 29.9. The molecule has 2 aromatic carbocycles. The molecule has 3 aromatic rings. The van der Waals surface area contributed by atoms with Gasteiger partial charge in [0.2, 0.25) is 0 Å². The van der Waals surface area contributed by atoms with Gasteiger partial charge < -0.3 is 4.74 Å². The third-order valence-corrected chi connectivity index (χ3v) is 11.8. The molecular weight excluding hydrogens is 529 g/mol. The van der Waals surface area contributed by atoms with Crippen molar-refractivity contribution in [3.8, 4) is 28.3 Å². The third-order valence-electron chi connectivity index (χ3n) is 8.42. The standard InChI is InChI=1S/C38H56N2OSi/c1-5-7-9-10-13-16-19-33-20-22-34(23-21-33)35-24-26-36(27-25-35)38-39-31-37(32-40-38)41-28-17-14-11-12-15-18-30-42(3,4)29-8-6-2/h6,20-27,31-32H,2,5,7-19,28-30H2,1,3-4H3. The lowest BCUT2D eigenvalue weighted by molar-refractivity contribution is 0.302. The van der Waals surface area contributed by atoms with Crippen LogP contribution in [0.4, 0.5) is 0 Å². The Bertz CT molecular complexity index is 1120. The van der Waals surface area contributed by atoms with Crippen LogP contribution in [0.15, 0.2) is 73.6 Å². The van der Waals surface area contributed by atoms with Gasteiger partial charge in [0.05, 0.1) is 19.0 Å². The van der Waals surface area contributed by atoms with E-state index in [-0.39, 0.29) is 0 Å². The quantitative estimate of drug-likeness (QED) is 0.0669. The Morgan fingerprint density at radius 2 is 1.21 bits per heavy atom. The highest BCUT2D eigenvalue weighted by Crippen LogP contribution is 2.25. The van der Waals surface area contributed by atoms with E-state index in [9.17, 15) is 0 Å². The molecule has 0 unspecified atom stereocenters. The molecule has 3 rings (SSSR count). The summed E-state index contributed by atoms with van der Waals surface area (Å²) in [5.41, 5.74) is 4.94. The maximum Gasteiger partial charge on any atom is 0.159 e. The Labute approximate surface area is 258 Å². The van der Waals surface area contributed by atoms with Crippen LogP contribution in [0, 0.1) is 0 Å². The van der Waals surface area contributed by atoms with E-state index in [2.05, 4.69) is 91.2 Å². The van der Waals surface area contributed by atoms with Crippen LogP contribution in [-0.2, 0) is 6.42 Å². The molecule has 0 radical (unpaired) electrons. The molecule has 0 atom stereocenters. The Morgan fingerprint density at radius 3 is 1.86 bits per heavy atom. The maximum atomic E-state index is 5.91. The predicted octanol–water partition coefficient (Wildman–Crippen LogP) is 11.7. The first-order chi connectivity index (χ1) is 20.5. The molecule has 0 amide bonds. The van der Waals surface area contributed by atoms with E-state index in [4.69, 9.17) is 4.74 Å². The molecule has 42 heavy (non-hydrogen) atoms. The zero-order valence-electron chi connectivity index (χ0n) is 26.9. The molecule has 0 aliphatic rings. The molecule has 3 nitrogen and oxygen atoms in total. The van der Waals surface area contributed by atoms with Crippen LogP contribution in [0.2, 0.25) is 25.2 Å². The Balaban J connectivity index is 1.32. The number of hydrogen-bond donors (Lipinski definition) is 0. The van der Waals surface area contributed by atoms with Crippen LogP contribution < -0.4 is 4.74 Å². The Kier molecular flexibility index (Phi) is 15.7. The van der Waals surface area contributed by atoms with Crippen LogP contribution in [0.5, 0.6) is 5.75 Å². The second-order valence-electron chi connectivity index (χ2n) is 12.7. The summed E-state index contributed by atoms with van der Waals surface area (Å²) in [5, 5.41) is 0. The zero-order valence-corrected chi connectivity index (χ0v) is 27.9. The van der Waals surface area contributed by atoms with E-state index >= 15 is 0 Å². The molecule has 0 N–H and O–H groups in total. The molecule has 1 aromatic heterocycles. The fourth-order valence-electron chi connectivity index (χ4n) is 5.55. The van der Waals surface area contributed by atoms with E-state index in [1.165, 1.54) is 112 Å². The first-order valence-electron chi connectivity index (χ1n) is 16.8. The van der Waals surface area contributed by atoms with E-state index in [0.29, 0.717) is 0 Å². The summed E-state index contributed by atoms with van der Waals surface area (Å²) in [5.74, 6) is 1.49. The van der Waals surface area contributed by atoms with Crippen molar-refractivity contribution in [3.05, 3.63) is 79.1 Å². The second-order valence-corrected chi connectivity index (χ2v) is 18.1. The number of allylic oxidation sites excluding steroid dienone is 1. The first-order valence-corrected chi connectivity index (χ1v) is 20.2. The maximum absolute atomic E-state index is 5.91. The molecule has 0 saturated heterocycles. The number of benzene rings is 2. The van der Waals surface area contributed by atoms with Crippen LogP contribution in [-0.4, -0.2) is 24.6 Å². The minimum Gasteiger partial charge on any atom is -0.490 e. The monoisotopic (exact) mass is 584 g/mol. The summed E-state index contributed by atoms with van der Waals surface area (Å²) < 4.78 is 5.91. The normalized spacial score (nSPS) is 11.5. The number of nitrogens with zero attached hydrogens (tertiary/aromatic N) is 2. The highest BCUT2D eigenvalue weighted by Gasteiger charge is 2.18. The molecule has 0 aliphatic carbocycles. The lowest BCUT2D eigenvalue weighted by Crippen LogP contribution is -2.24. The Morgan fingerprint density at radius 1 is 0.667 bits per heavy atom. The van der Waals surface area contributed by atoms with Crippen LogP contribution in [0.25, 0.3) is 22.5 Å². The Hall–Kier alpha value is -2.72. The van der Waals surface area contributed by atoms with Crippen molar-refractivity contribution in [2.75, 3.05) is 6.61 Å². The van der Waals surface area contributed by atoms with Crippen molar-refractivity contribution in [3.63, 3.8) is 0 Å². The lowest BCUT2D eigenvalue weighted by atomic mass is 10.00. The van der Waals surface area contributed by atoms with Gasteiger partial charge in [0.15, 0.2) is 11.6 Å². The topological polar surface area (TPSA) is 35.0 Å². The summed E-state index contributed by atoms with van der Waals surface area (Å²) in [6.07, 6.45) is 23.8. The van der Waals surface area contributed by atoms with Gasteiger partial charge in [0.1, 0.15) is 0 Å². The molecule has 0 bridgehead atoms. The van der Waals surface area contributed by atoms with Crippen molar-refractivity contribution in [2.24, 2.45) is 0 Å². The number of ether oxygens (including phenoxy) is 1. The van der Waals surface area contributed by atoms with E-state index < -0.39 is 8.07 Å². The van der Waals surface area contributed by atoms with E-state index in [1.54, 1.807) is 12.4 Å². The number of rotatable bonds is 22. The fraction of sp³-hybridized carbons (Fsp3) is 0.526. The van der Waals surface area contributed by atoms with Crippen LogP contribution in [0.3, 0.4) is 0 Å². The molecule has 0 spiro atoms. The third kappa shape index (κ3) is 13.1. The molecule has 0 fully saturated rings. The van der Waals surface area contributed by atoms with Crippen molar-refractivity contribution in [2.45, 2.75) is 122 Å². The molecule has 0 saturated carbocycles. The summed E-state index contributed by atoms with van der Waals surface area (Å²) in [6.45, 7) is 11.9. The van der Waals surface area contributed by atoms with Crippen molar-refractivity contribution < 1.29 is 4.74 Å². The molecular formula is C38H56N2OSi.